The van der Waals surface area contributed by atoms with Gasteiger partial charge in [0.05, 0.1) is 12.2 Å². The standard InChI is InChI=1S/C39H42N2O5S/c1-6-9-18-40-28-17-16-24(33-36(44)37(45)38(33)46-20-11-8-3)21-27(28)39(4,5)31(40)22-25-34(42)26(35(25)43)23-32-41(19-10-7-2)29-14-12-13-15-30(29)47-32/h12-17,21-23H,6-11,18-20H2,1-5H3. The van der Waals surface area contributed by atoms with E-state index in [1.54, 1.807) is 23.5 Å². The zero-order valence-electron chi connectivity index (χ0n) is 27.9. The molecule has 7 nitrogen and oxygen atoms in total. The molecule has 2 aliphatic rings. The Balaban J connectivity index is 1.38. The van der Waals surface area contributed by atoms with Crippen molar-refractivity contribution in [2.24, 2.45) is 0 Å². The fourth-order valence-corrected chi connectivity index (χ4v) is 7.73. The fourth-order valence-electron chi connectivity index (χ4n) is 6.60. The number of rotatable bonds is 13. The molecule has 1 aliphatic heterocycles. The molecular weight excluding hydrogens is 609 g/mol. The fraction of sp³-hybridized carbons (Fsp3) is 0.385. The summed E-state index contributed by atoms with van der Waals surface area (Å²) in [5.74, 6) is -0.321. The zero-order valence-corrected chi connectivity index (χ0v) is 28.7. The van der Waals surface area contributed by atoms with E-state index >= 15 is 0 Å². The first kappa shape index (κ1) is 32.6. The molecule has 0 bridgehead atoms. The van der Waals surface area contributed by atoms with Gasteiger partial charge in [0.1, 0.15) is 4.70 Å². The molecule has 0 fully saturated rings. The normalized spacial score (nSPS) is 17.4. The number of ether oxygens (including phenoxy) is 1. The molecule has 2 heterocycles. The monoisotopic (exact) mass is 650 g/mol. The molecular formula is C39H42N2O5S. The van der Waals surface area contributed by atoms with E-state index in [0.29, 0.717) is 17.7 Å². The van der Waals surface area contributed by atoms with Gasteiger partial charge >= 0.3 is 0 Å². The van der Waals surface area contributed by atoms with Crippen LogP contribution in [-0.2, 0) is 16.8 Å². The molecule has 0 amide bonds. The second kappa shape index (κ2) is 13.1. The minimum atomic E-state index is -0.574. The summed E-state index contributed by atoms with van der Waals surface area (Å²) in [6.45, 7) is 12.4. The molecule has 0 atom stereocenters. The van der Waals surface area contributed by atoms with Crippen LogP contribution in [-0.4, -0.2) is 18.9 Å². The molecule has 47 heavy (non-hydrogen) atoms. The lowest BCUT2D eigenvalue weighted by molar-refractivity contribution is -0.669. The third kappa shape index (κ3) is 5.56. The second-order valence-corrected chi connectivity index (χ2v) is 14.1. The first-order chi connectivity index (χ1) is 22.6. The Hall–Kier alpha value is -4.30. The van der Waals surface area contributed by atoms with Gasteiger partial charge in [-0.3, -0.25) is 14.4 Å². The van der Waals surface area contributed by atoms with Crippen LogP contribution in [0.25, 0.3) is 27.4 Å². The molecule has 8 heteroatoms. The molecule has 0 N–H and O–H groups in total. The van der Waals surface area contributed by atoms with E-state index in [0.717, 1.165) is 83.8 Å². The molecule has 1 aromatic heterocycles. The lowest BCUT2D eigenvalue weighted by Crippen LogP contribution is -2.36. The number of carbonyl (C=O) groups is 1. The van der Waals surface area contributed by atoms with Gasteiger partial charge in [-0.25, -0.2) is 0 Å². The third-order valence-electron chi connectivity index (χ3n) is 9.43. The highest BCUT2D eigenvalue weighted by molar-refractivity contribution is 7.18. The Kier molecular flexibility index (Phi) is 9.07. The first-order valence-electron chi connectivity index (χ1n) is 16.8. The molecule has 6 rings (SSSR count). The summed E-state index contributed by atoms with van der Waals surface area (Å²) in [5, 5.41) is 14.5. The van der Waals surface area contributed by atoms with Crippen LogP contribution in [0.15, 0.2) is 80.7 Å². The SMILES string of the molecule is CCCCOc1c(-c2ccc3c(c2)C(C)(C)/C(=C/C2=C([O-])C(=C/c4sc5ccccc5[n+]4CCCC)/C2=O)N3CCCC)c(=O)c1=O. The highest BCUT2D eigenvalue weighted by Crippen LogP contribution is 2.50. The van der Waals surface area contributed by atoms with Gasteiger partial charge < -0.3 is 14.7 Å². The number of Topliss-reactive ketones (excluding diaryl/α,β-unsaturated/α-hetero) is 1. The number of aryl methyl sites for hydroxylation is 1. The predicted molar refractivity (Wildman–Crippen MR) is 187 cm³/mol. The van der Waals surface area contributed by atoms with E-state index in [-0.39, 0.29) is 28.4 Å². The summed E-state index contributed by atoms with van der Waals surface area (Å²) < 4.78 is 9.07. The van der Waals surface area contributed by atoms with Crippen molar-refractivity contribution in [3.05, 3.63) is 102 Å². The summed E-state index contributed by atoms with van der Waals surface area (Å²) in [7, 11) is 0. The average Bonchev–Trinajstić information content (AvgIpc) is 3.53. The Labute approximate surface area is 279 Å². The smallest absolute Gasteiger partial charge is 0.268 e. The predicted octanol–water partition coefficient (Wildman–Crippen LogP) is 6.49. The zero-order chi connectivity index (χ0) is 33.5. The van der Waals surface area contributed by atoms with Gasteiger partial charge in [-0.15, -0.1) is 0 Å². The summed E-state index contributed by atoms with van der Waals surface area (Å²) in [6, 6.07) is 14.0. The molecule has 0 radical (unpaired) electrons. The summed E-state index contributed by atoms with van der Waals surface area (Å²) in [4.78, 5) is 40.9. The van der Waals surface area contributed by atoms with Crippen LogP contribution < -0.4 is 30.2 Å². The van der Waals surface area contributed by atoms with Crippen LogP contribution in [0, 0.1) is 0 Å². The third-order valence-corrected chi connectivity index (χ3v) is 10.5. The number of ketones is 1. The summed E-state index contributed by atoms with van der Waals surface area (Å²) in [6.07, 6.45) is 9.23. The van der Waals surface area contributed by atoms with Crippen molar-refractivity contribution in [3.63, 3.8) is 0 Å². The van der Waals surface area contributed by atoms with Crippen LogP contribution in [0.2, 0.25) is 0 Å². The molecule has 244 valence electrons. The Bertz CT molecular complexity index is 2040. The summed E-state index contributed by atoms with van der Waals surface area (Å²) >= 11 is 1.60. The number of fused-ring (bicyclic) bond motifs is 2. The van der Waals surface area contributed by atoms with E-state index in [2.05, 4.69) is 49.3 Å². The number of allylic oxidation sites excluding steroid dienone is 4. The number of thiazole rings is 1. The largest absolute Gasteiger partial charge is 0.871 e. The lowest BCUT2D eigenvalue weighted by Gasteiger charge is -2.32. The van der Waals surface area contributed by atoms with Gasteiger partial charge in [-0.2, -0.15) is 4.57 Å². The molecule has 0 saturated heterocycles. The van der Waals surface area contributed by atoms with Gasteiger partial charge in [-0.1, -0.05) is 89.2 Å². The highest BCUT2D eigenvalue weighted by Gasteiger charge is 2.42. The number of carbonyl (C=O) groups excluding carboxylic acids is 1. The maximum absolute atomic E-state index is 13.6. The van der Waals surface area contributed by atoms with Crippen molar-refractivity contribution in [2.75, 3.05) is 18.1 Å². The molecule has 0 unspecified atom stereocenters. The Morgan fingerprint density at radius 1 is 0.936 bits per heavy atom. The molecule has 0 saturated carbocycles. The van der Waals surface area contributed by atoms with Crippen LogP contribution in [0.5, 0.6) is 5.75 Å². The van der Waals surface area contributed by atoms with Gasteiger partial charge in [-0.05, 0) is 48.2 Å². The van der Waals surface area contributed by atoms with E-state index < -0.39 is 16.3 Å². The number of hydrogen-bond donors (Lipinski definition) is 0. The van der Waals surface area contributed by atoms with Crippen LogP contribution in [0.1, 0.15) is 83.7 Å². The maximum Gasteiger partial charge on any atom is 0.268 e. The Morgan fingerprint density at radius 2 is 1.68 bits per heavy atom. The number of aromatic nitrogens is 1. The molecule has 3 aromatic carbocycles. The number of anilines is 1. The topological polar surface area (TPSA) is 90.6 Å². The van der Waals surface area contributed by atoms with E-state index in [9.17, 15) is 19.5 Å². The number of unbranched alkanes of at least 4 members (excludes halogenated alkanes) is 3. The van der Waals surface area contributed by atoms with Gasteiger partial charge in [0.25, 0.3) is 10.4 Å². The van der Waals surface area contributed by atoms with Crippen molar-refractivity contribution in [1.82, 2.24) is 0 Å². The molecule has 4 aromatic rings. The number of benzene rings is 2. The summed E-state index contributed by atoms with van der Waals surface area (Å²) in [5.41, 5.74) is 3.67. The van der Waals surface area contributed by atoms with E-state index in [4.69, 9.17) is 4.74 Å². The van der Waals surface area contributed by atoms with Crippen LogP contribution in [0.3, 0.4) is 0 Å². The quantitative estimate of drug-likeness (QED) is 0.0711. The van der Waals surface area contributed by atoms with Gasteiger partial charge in [0, 0.05) is 53.1 Å². The van der Waals surface area contributed by atoms with Crippen LogP contribution in [0.4, 0.5) is 5.69 Å². The molecule has 0 spiro atoms. The van der Waals surface area contributed by atoms with Crippen molar-refractivity contribution >= 4 is 39.1 Å². The molecule has 1 aliphatic carbocycles. The number of nitrogens with zero attached hydrogens (tertiary/aromatic N) is 2. The minimum Gasteiger partial charge on any atom is -0.871 e. The maximum atomic E-state index is 13.6. The van der Waals surface area contributed by atoms with Crippen molar-refractivity contribution in [3.8, 4) is 16.9 Å². The van der Waals surface area contributed by atoms with E-state index in [1.807, 2.05) is 37.3 Å². The van der Waals surface area contributed by atoms with Gasteiger partial charge in [0.2, 0.25) is 10.9 Å². The van der Waals surface area contributed by atoms with Crippen LogP contribution >= 0.6 is 11.3 Å². The minimum absolute atomic E-state index is 0.146. The van der Waals surface area contributed by atoms with Gasteiger partial charge in [0.15, 0.2) is 18.1 Å². The van der Waals surface area contributed by atoms with E-state index in [1.165, 1.54) is 0 Å². The Morgan fingerprint density at radius 3 is 2.40 bits per heavy atom. The first-order valence-corrected chi connectivity index (χ1v) is 17.7. The average molecular weight is 651 g/mol. The number of para-hydroxylation sites is 1. The lowest BCUT2D eigenvalue weighted by atomic mass is 9.79. The highest BCUT2D eigenvalue weighted by atomic mass is 32.1. The number of hydrogen-bond acceptors (Lipinski definition) is 7. The van der Waals surface area contributed by atoms with Crippen molar-refractivity contribution in [1.29, 1.82) is 0 Å². The van der Waals surface area contributed by atoms with Crippen molar-refractivity contribution in [2.45, 2.75) is 85.1 Å². The van der Waals surface area contributed by atoms with Crippen molar-refractivity contribution < 1.29 is 19.2 Å². The second-order valence-electron chi connectivity index (χ2n) is 13.0.